The highest BCUT2D eigenvalue weighted by Gasteiger charge is 2.27. The monoisotopic (exact) mass is 410 g/mol. The third kappa shape index (κ3) is 3.47. The standard InChI is InChI=1S/C22H19ClN2S2/c23-18-7-8-19-16(13-18)6-5-15-3-1-10-24-22(15)21(19)17-9-11-25(14-17)27-20-4-2-12-26-20/h1-4,7-8,10,12-13H,5-6,9,11,14H2/b21-17-. The van der Waals surface area contributed by atoms with E-state index in [0.29, 0.717) is 0 Å². The number of aromatic nitrogens is 1. The summed E-state index contributed by atoms with van der Waals surface area (Å²) in [7, 11) is 0. The van der Waals surface area contributed by atoms with Crippen LogP contribution in [0.3, 0.4) is 0 Å². The molecule has 5 heteroatoms. The highest BCUT2D eigenvalue weighted by Crippen LogP contribution is 2.40. The Morgan fingerprint density at radius 3 is 2.85 bits per heavy atom. The fraction of sp³-hybridized carbons (Fsp3) is 0.227. The Morgan fingerprint density at radius 2 is 1.96 bits per heavy atom. The third-order valence-electron chi connectivity index (χ3n) is 5.23. The van der Waals surface area contributed by atoms with E-state index in [0.717, 1.165) is 43.1 Å². The first-order valence-corrected chi connectivity index (χ1v) is 11.2. The summed E-state index contributed by atoms with van der Waals surface area (Å²) in [4.78, 5) is 4.81. The lowest BCUT2D eigenvalue weighted by Gasteiger charge is -2.16. The molecule has 27 heavy (non-hydrogen) atoms. The number of pyridine rings is 1. The number of benzene rings is 1. The van der Waals surface area contributed by atoms with Gasteiger partial charge in [-0.15, -0.1) is 11.3 Å². The molecule has 1 aliphatic carbocycles. The second-order valence-electron chi connectivity index (χ2n) is 6.93. The van der Waals surface area contributed by atoms with E-state index in [9.17, 15) is 0 Å². The number of rotatable bonds is 2. The number of aryl methyl sites for hydroxylation is 2. The molecule has 136 valence electrons. The van der Waals surface area contributed by atoms with Gasteiger partial charge in [0.15, 0.2) is 0 Å². The van der Waals surface area contributed by atoms with Gasteiger partial charge < -0.3 is 0 Å². The van der Waals surface area contributed by atoms with Crippen molar-refractivity contribution in [1.29, 1.82) is 0 Å². The molecule has 0 N–H and O–H groups in total. The summed E-state index contributed by atoms with van der Waals surface area (Å²) >= 11 is 9.99. The van der Waals surface area contributed by atoms with Gasteiger partial charge in [0, 0.05) is 29.9 Å². The third-order valence-corrected chi connectivity index (χ3v) is 7.52. The highest BCUT2D eigenvalue weighted by atomic mass is 35.5. The Morgan fingerprint density at radius 1 is 1.04 bits per heavy atom. The Labute approximate surface area is 173 Å². The predicted octanol–water partition coefficient (Wildman–Crippen LogP) is 6.11. The Hall–Kier alpha value is -1.59. The van der Waals surface area contributed by atoms with Crippen molar-refractivity contribution < 1.29 is 0 Å². The van der Waals surface area contributed by atoms with Crippen molar-refractivity contribution in [3.05, 3.63) is 87.0 Å². The van der Waals surface area contributed by atoms with Crippen molar-refractivity contribution in [2.75, 3.05) is 13.1 Å². The molecule has 3 aromatic rings. The summed E-state index contributed by atoms with van der Waals surface area (Å²) in [6.45, 7) is 2.06. The first-order chi connectivity index (χ1) is 13.3. The van der Waals surface area contributed by atoms with Gasteiger partial charge in [-0.2, -0.15) is 0 Å². The lowest BCUT2D eigenvalue weighted by atomic mass is 9.92. The Kier molecular flexibility index (Phi) is 4.82. The molecule has 5 rings (SSSR count). The van der Waals surface area contributed by atoms with E-state index in [-0.39, 0.29) is 0 Å². The number of hydrogen-bond donors (Lipinski definition) is 0. The average Bonchev–Trinajstić information content (AvgIpc) is 3.32. The van der Waals surface area contributed by atoms with Gasteiger partial charge in [-0.05, 0) is 83.1 Å². The highest BCUT2D eigenvalue weighted by molar-refractivity contribution is 7.98. The summed E-state index contributed by atoms with van der Waals surface area (Å²) in [5.74, 6) is 0. The number of halogens is 1. The number of fused-ring (bicyclic) bond motifs is 2. The molecule has 0 bridgehead atoms. The molecular formula is C22H19ClN2S2. The molecule has 1 aromatic carbocycles. The lowest BCUT2D eigenvalue weighted by Crippen LogP contribution is -2.09. The van der Waals surface area contributed by atoms with Crippen LogP contribution in [0, 0.1) is 0 Å². The maximum Gasteiger partial charge on any atom is 0.0753 e. The topological polar surface area (TPSA) is 16.1 Å². The van der Waals surface area contributed by atoms with Gasteiger partial charge in [-0.25, -0.2) is 4.31 Å². The maximum absolute atomic E-state index is 6.31. The number of thiophene rings is 1. The predicted molar refractivity (Wildman–Crippen MR) is 115 cm³/mol. The van der Waals surface area contributed by atoms with Crippen LogP contribution in [0.2, 0.25) is 5.02 Å². The largest absolute Gasteiger partial charge is 0.256 e. The van der Waals surface area contributed by atoms with Crippen LogP contribution in [-0.2, 0) is 12.8 Å². The molecule has 0 amide bonds. The second kappa shape index (κ2) is 7.44. The van der Waals surface area contributed by atoms with Crippen LogP contribution in [0.15, 0.2) is 63.8 Å². The van der Waals surface area contributed by atoms with Crippen LogP contribution in [0.5, 0.6) is 0 Å². The molecule has 1 aliphatic heterocycles. The van der Waals surface area contributed by atoms with E-state index < -0.39 is 0 Å². The molecule has 3 heterocycles. The molecule has 0 radical (unpaired) electrons. The van der Waals surface area contributed by atoms with E-state index in [1.54, 1.807) is 11.3 Å². The molecule has 2 aromatic heterocycles. The molecule has 0 spiro atoms. The van der Waals surface area contributed by atoms with Crippen molar-refractivity contribution in [2.45, 2.75) is 23.5 Å². The van der Waals surface area contributed by atoms with Crippen molar-refractivity contribution in [2.24, 2.45) is 0 Å². The van der Waals surface area contributed by atoms with Gasteiger partial charge in [-0.1, -0.05) is 29.8 Å². The molecule has 2 aliphatic rings. The summed E-state index contributed by atoms with van der Waals surface area (Å²) in [6.07, 6.45) is 5.04. The zero-order valence-electron chi connectivity index (χ0n) is 14.8. The van der Waals surface area contributed by atoms with Gasteiger partial charge in [0.2, 0.25) is 0 Å². The molecule has 2 nitrogen and oxygen atoms in total. The second-order valence-corrected chi connectivity index (χ2v) is 9.71. The molecule has 0 atom stereocenters. The van der Waals surface area contributed by atoms with Crippen LogP contribution in [0.25, 0.3) is 5.57 Å². The van der Waals surface area contributed by atoms with Gasteiger partial charge in [0.1, 0.15) is 0 Å². The van der Waals surface area contributed by atoms with Gasteiger partial charge in [-0.3, -0.25) is 4.98 Å². The lowest BCUT2D eigenvalue weighted by molar-refractivity contribution is 0.596. The van der Waals surface area contributed by atoms with E-state index in [4.69, 9.17) is 16.6 Å². The Balaban J connectivity index is 1.59. The molecule has 1 saturated heterocycles. The number of hydrogen-bond acceptors (Lipinski definition) is 4. The van der Waals surface area contributed by atoms with Crippen molar-refractivity contribution >= 4 is 40.5 Å². The molecule has 1 fully saturated rings. The van der Waals surface area contributed by atoms with E-state index >= 15 is 0 Å². The van der Waals surface area contributed by atoms with E-state index in [1.807, 2.05) is 24.2 Å². The van der Waals surface area contributed by atoms with Crippen LogP contribution in [-0.4, -0.2) is 22.4 Å². The zero-order chi connectivity index (χ0) is 18.2. The minimum atomic E-state index is 0.818. The SMILES string of the molecule is Clc1ccc2c(c1)CCc1cccnc1/C2=C1/CCN(Sc2cccs2)C1. The normalized spacial score (nSPS) is 19.6. The zero-order valence-corrected chi connectivity index (χ0v) is 17.2. The smallest absolute Gasteiger partial charge is 0.0753 e. The Bertz CT molecular complexity index is 1010. The summed E-state index contributed by atoms with van der Waals surface area (Å²) in [5.41, 5.74) is 7.99. The van der Waals surface area contributed by atoms with Gasteiger partial charge in [0.05, 0.1) is 9.90 Å². The molecular weight excluding hydrogens is 392 g/mol. The fourth-order valence-corrected chi connectivity index (χ4v) is 6.08. The maximum atomic E-state index is 6.31. The fourth-order valence-electron chi connectivity index (χ4n) is 3.99. The summed E-state index contributed by atoms with van der Waals surface area (Å²) in [6, 6.07) is 14.9. The molecule has 0 unspecified atom stereocenters. The first-order valence-electron chi connectivity index (χ1n) is 9.19. The minimum Gasteiger partial charge on any atom is -0.256 e. The minimum absolute atomic E-state index is 0.818. The van der Waals surface area contributed by atoms with Crippen LogP contribution in [0.1, 0.15) is 28.8 Å². The van der Waals surface area contributed by atoms with Gasteiger partial charge >= 0.3 is 0 Å². The van der Waals surface area contributed by atoms with E-state index in [1.165, 1.54) is 32.0 Å². The summed E-state index contributed by atoms with van der Waals surface area (Å²) in [5, 5.41) is 2.96. The molecule has 0 saturated carbocycles. The van der Waals surface area contributed by atoms with Gasteiger partial charge in [0.25, 0.3) is 0 Å². The van der Waals surface area contributed by atoms with Crippen molar-refractivity contribution in [1.82, 2.24) is 9.29 Å². The average molecular weight is 411 g/mol. The van der Waals surface area contributed by atoms with Crippen LogP contribution < -0.4 is 0 Å². The van der Waals surface area contributed by atoms with Crippen LogP contribution in [0.4, 0.5) is 0 Å². The first kappa shape index (κ1) is 17.5. The van der Waals surface area contributed by atoms with Crippen molar-refractivity contribution in [3.63, 3.8) is 0 Å². The summed E-state index contributed by atoms with van der Waals surface area (Å²) < 4.78 is 3.82. The van der Waals surface area contributed by atoms with E-state index in [2.05, 4.69) is 46.1 Å². The quantitative estimate of drug-likeness (QED) is 0.474. The number of nitrogens with zero attached hydrogens (tertiary/aromatic N) is 2. The van der Waals surface area contributed by atoms with Crippen molar-refractivity contribution in [3.8, 4) is 0 Å². The van der Waals surface area contributed by atoms with Crippen LogP contribution >= 0.6 is 34.9 Å².